The summed E-state index contributed by atoms with van der Waals surface area (Å²) in [6, 6.07) is 5.36. The first-order chi connectivity index (χ1) is 14.8. The van der Waals surface area contributed by atoms with Gasteiger partial charge in [0.25, 0.3) is 0 Å². The largest absolute Gasteiger partial charge is 0.374 e. The molecule has 4 rings (SSSR count). The highest BCUT2D eigenvalue weighted by atomic mass is 35.5. The van der Waals surface area contributed by atoms with E-state index in [0.29, 0.717) is 36.6 Å². The lowest BCUT2D eigenvalue weighted by molar-refractivity contribution is -0.0953. The summed E-state index contributed by atoms with van der Waals surface area (Å²) in [7, 11) is 3.79. The lowest BCUT2D eigenvalue weighted by Gasteiger charge is -2.55. The molecule has 2 fully saturated rings. The van der Waals surface area contributed by atoms with Crippen molar-refractivity contribution in [2.75, 3.05) is 50.0 Å². The lowest BCUT2D eigenvalue weighted by atomic mass is 9.76. The number of rotatable bonds is 6. The lowest BCUT2D eigenvalue weighted by Crippen LogP contribution is -2.68. The predicted octanol–water partition coefficient (Wildman–Crippen LogP) is 4.82. The highest BCUT2D eigenvalue weighted by Crippen LogP contribution is 2.44. The van der Waals surface area contributed by atoms with Crippen LogP contribution in [-0.2, 0) is 4.74 Å². The monoisotopic (exact) mass is 472 g/mol. The fourth-order valence-electron chi connectivity index (χ4n) is 4.38. The molecule has 0 saturated carbocycles. The zero-order valence-corrected chi connectivity index (χ0v) is 18.9. The second-order valence-corrected chi connectivity index (χ2v) is 9.31. The second kappa shape index (κ2) is 9.05. The molecule has 0 amide bonds. The normalized spacial score (nSPS) is 21.1. The fourth-order valence-corrected chi connectivity index (χ4v) is 5.37. The van der Waals surface area contributed by atoms with Gasteiger partial charge in [-0.15, -0.1) is 0 Å². The Morgan fingerprint density at radius 1 is 1.29 bits per heavy atom. The Kier molecular flexibility index (Phi) is 6.57. The quantitative estimate of drug-likeness (QED) is 0.369. The topological polar surface area (TPSA) is 40.6 Å². The number of hydrogen-bond donors (Lipinski definition) is 1. The Morgan fingerprint density at radius 2 is 2.06 bits per heavy atom. The summed E-state index contributed by atoms with van der Waals surface area (Å²) in [5, 5.41) is -0.150. The summed E-state index contributed by atoms with van der Waals surface area (Å²) in [4.78, 5) is 7.45. The number of aromatic nitrogens is 1. The van der Waals surface area contributed by atoms with Gasteiger partial charge in [0.05, 0.1) is 5.69 Å². The molecule has 1 aromatic heterocycles. The van der Waals surface area contributed by atoms with Gasteiger partial charge in [-0.2, -0.15) is 4.39 Å². The van der Waals surface area contributed by atoms with Gasteiger partial charge in [0, 0.05) is 38.7 Å². The molecule has 2 saturated heterocycles. The maximum Gasteiger partial charge on any atom is 0.214 e. The maximum atomic E-state index is 14.9. The minimum absolute atomic E-state index is 0.147. The molecule has 0 spiro atoms. The molecule has 2 aliphatic heterocycles. The van der Waals surface area contributed by atoms with Crippen molar-refractivity contribution in [2.45, 2.75) is 23.3 Å². The summed E-state index contributed by atoms with van der Waals surface area (Å²) in [6.45, 7) is 3.06. The average Bonchev–Trinajstić information content (AvgIpc) is 2.71. The van der Waals surface area contributed by atoms with Crippen LogP contribution in [0.25, 0.3) is 0 Å². The smallest absolute Gasteiger partial charge is 0.214 e. The van der Waals surface area contributed by atoms with Crippen LogP contribution >= 0.6 is 23.5 Å². The van der Waals surface area contributed by atoms with Crippen molar-refractivity contribution in [3.63, 3.8) is 0 Å². The number of nitrogens with zero attached hydrogens (tertiary/aromatic N) is 3. The van der Waals surface area contributed by atoms with Crippen LogP contribution in [-0.4, -0.2) is 55.8 Å². The average molecular weight is 473 g/mol. The van der Waals surface area contributed by atoms with E-state index in [9.17, 15) is 13.2 Å². The number of likely N-dealkylation sites (tertiary alicyclic amines) is 1. The number of anilines is 2. The predicted molar refractivity (Wildman–Crippen MR) is 117 cm³/mol. The first-order valence-corrected chi connectivity index (χ1v) is 11.2. The highest BCUT2D eigenvalue weighted by molar-refractivity contribution is 8.00. The van der Waals surface area contributed by atoms with E-state index in [1.165, 1.54) is 24.3 Å². The number of pyridine rings is 1. The number of nitrogens with one attached hydrogen (secondary N) is 1. The van der Waals surface area contributed by atoms with Crippen LogP contribution in [0.15, 0.2) is 29.2 Å². The van der Waals surface area contributed by atoms with Crippen molar-refractivity contribution in [1.29, 1.82) is 0 Å². The van der Waals surface area contributed by atoms with Crippen LogP contribution in [0.5, 0.6) is 0 Å². The molecule has 3 heterocycles. The van der Waals surface area contributed by atoms with E-state index < -0.39 is 17.6 Å². The molecule has 31 heavy (non-hydrogen) atoms. The molecule has 10 heteroatoms. The number of methoxy groups -OCH3 is 1. The van der Waals surface area contributed by atoms with Gasteiger partial charge in [-0.1, -0.05) is 17.7 Å². The van der Waals surface area contributed by atoms with E-state index in [4.69, 9.17) is 16.3 Å². The third-order valence-electron chi connectivity index (χ3n) is 6.10. The first-order valence-electron chi connectivity index (χ1n) is 10.0. The number of halogens is 4. The zero-order chi connectivity index (χ0) is 22.2. The minimum atomic E-state index is -0.863. The van der Waals surface area contributed by atoms with Gasteiger partial charge in [0.1, 0.15) is 27.2 Å². The molecule has 5 nitrogen and oxygen atoms in total. The number of piperidine rings is 1. The standard InChI is InChI=1S/C21H24ClF3N4OS/c1-28-8-4-5-13(10-28)21(30-2)11-29(12-21)15-9-14(23)20(19(25)18(15)22)31-27-17-7-3-6-16(24)26-17/h3,6-7,9,13H,4-5,8,10-12H2,1-2H3,(H,26,27). The second-order valence-electron chi connectivity index (χ2n) is 8.11. The van der Waals surface area contributed by atoms with Crippen LogP contribution in [0.1, 0.15) is 12.8 Å². The van der Waals surface area contributed by atoms with Crippen LogP contribution < -0.4 is 9.62 Å². The Hall–Kier alpha value is -1.68. The Bertz CT molecular complexity index is 960. The van der Waals surface area contributed by atoms with Crippen molar-refractivity contribution in [3.8, 4) is 0 Å². The Balaban J connectivity index is 1.49. The molecular weight excluding hydrogens is 449 g/mol. The van der Waals surface area contributed by atoms with E-state index in [2.05, 4.69) is 21.7 Å². The molecular formula is C21H24ClF3N4OS. The molecule has 168 valence electrons. The molecule has 1 N–H and O–H groups in total. The van der Waals surface area contributed by atoms with Gasteiger partial charge in [-0.25, -0.2) is 13.8 Å². The van der Waals surface area contributed by atoms with E-state index in [-0.39, 0.29) is 21.3 Å². The van der Waals surface area contributed by atoms with Gasteiger partial charge in [0.2, 0.25) is 5.95 Å². The number of hydrogen-bond acceptors (Lipinski definition) is 6. The van der Waals surface area contributed by atoms with Gasteiger partial charge < -0.3 is 19.3 Å². The number of benzene rings is 1. The van der Waals surface area contributed by atoms with E-state index in [1.54, 1.807) is 7.11 Å². The van der Waals surface area contributed by atoms with Gasteiger partial charge in [-0.05, 0) is 50.5 Å². The van der Waals surface area contributed by atoms with Gasteiger partial charge in [0.15, 0.2) is 5.82 Å². The molecule has 0 radical (unpaired) electrons. The summed E-state index contributed by atoms with van der Waals surface area (Å²) >= 11 is 6.94. The summed E-state index contributed by atoms with van der Waals surface area (Å²) < 4.78 is 51.4. The zero-order valence-electron chi connectivity index (χ0n) is 17.3. The minimum Gasteiger partial charge on any atom is -0.374 e. The Morgan fingerprint density at radius 3 is 2.74 bits per heavy atom. The van der Waals surface area contributed by atoms with Crippen molar-refractivity contribution in [2.24, 2.45) is 5.92 Å². The highest BCUT2D eigenvalue weighted by Gasteiger charge is 2.50. The van der Waals surface area contributed by atoms with Crippen LogP contribution in [0.2, 0.25) is 5.02 Å². The van der Waals surface area contributed by atoms with Crippen molar-refractivity contribution in [1.82, 2.24) is 9.88 Å². The maximum absolute atomic E-state index is 14.9. The molecule has 1 aromatic carbocycles. The third kappa shape index (κ3) is 4.46. The van der Waals surface area contributed by atoms with E-state index in [0.717, 1.165) is 25.9 Å². The molecule has 1 atom stereocenters. The molecule has 2 aliphatic rings. The summed E-state index contributed by atoms with van der Waals surface area (Å²) in [5.41, 5.74) is -0.0371. The van der Waals surface area contributed by atoms with Crippen LogP contribution in [0.3, 0.4) is 0 Å². The fraction of sp³-hybridized carbons (Fsp3) is 0.476. The Labute approximate surface area is 189 Å². The van der Waals surface area contributed by atoms with Gasteiger partial charge >= 0.3 is 0 Å². The molecule has 1 unspecified atom stereocenters. The first kappa shape index (κ1) is 22.5. The summed E-state index contributed by atoms with van der Waals surface area (Å²) in [6.07, 6.45) is 2.17. The molecule has 0 bridgehead atoms. The van der Waals surface area contributed by atoms with Crippen molar-refractivity contribution < 1.29 is 17.9 Å². The van der Waals surface area contributed by atoms with Crippen LogP contribution in [0.4, 0.5) is 24.7 Å². The van der Waals surface area contributed by atoms with E-state index >= 15 is 0 Å². The molecule has 0 aliphatic carbocycles. The summed E-state index contributed by atoms with van der Waals surface area (Å²) in [5.74, 6) is -1.80. The van der Waals surface area contributed by atoms with Crippen LogP contribution in [0, 0.1) is 23.5 Å². The van der Waals surface area contributed by atoms with Crippen molar-refractivity contribution in [3.05, 3.63) is 46.9 Å². The SMILES string of the molecule is COC1(C2CCCN(C)C2)CN(c2cc(F)c(SNc3cccc(F)n3)c(F)c2Cl)C1. The van der Waals surface area contributed by atoms with E-state index in [1.807, 2.05) is 4.90 Å². The van der Waals surface area contributed by atoms with Gasteiger partial charge in [-0.3, -0.25) is 0 Å². The van der Waals surface area contributed by atoms with Crippen molar-refractivity contribution >= 4 is 35.1 Å². The number of ether oxygens (including phenoxy) is 1. The third-order valence-corrected chi connectivity index (χ3v) is 7.35. The molecule has 2 aromatic rings.